The molecule has 0 atom stereocenters. The smallest absolute Gasteiger partial charge is 0.227 e. The van der Waals surface area contributed by atoms with E-state index < -0.39 is 0 Å². The second-order valence-corrected chi connectivity index (χ2v) is 6.31. The van der Waals surface area contributed by atoms with E-state index in [2.05, 4.69) is 44.2 Å². The first-order valence-corrected chi connectivity index (χ1v) is 8.39. The van der Waals surface area contributed by atoms with Crippen molar-refractivity contribution >= 4 is 11.8 Å². The molecule has 0 aliphatic heterocycles. The molecule has 0 saturated carbocycles. The largest absolute Gasteiger partial charge is 0.370 e. The molecule has 0 aliphatic carbocycles. The summed E-state index contributed by atoms with van der Waals surface area (Å²) in [5.74, 6) is 1.66. The van der Waals surface area contributed by atoms with Gasteiger partial charge in [0, 0.05) is 44.3 Å². The van der Waals surface area contributed by atoms with E-state index in [9.17, 15) is 0 Å². The number of anilines is 2. The molecule has 1 N–H and O–H groups in total. The van der Waals surface area contributed by atoms with Gasteiger partial charge in [-0.25, -0.2) is 4.98 Å². The maximum Gasteiger partial charge on any atom is 0.227 e. The second kappa shape index (κ2) is 9.17. The standard InChI is InChI=1S/C18H28N6/c1-15-14-17(20-9-5-12-23(2)3)22-18(21-15)24(4)13-8-16-6-10-19-11-7-16/h6-7,10-11,14H,5,8-9,12-13H2,1-4H3,(H,20,21,22). The highest BCUT2D eigenvalue weighted by Gasteiger charge is 2.07. The molecule has 2 heterocycles. The van der Waals surface area contributed by atoms with Crippen LogP contribution in [0.5, 0.6) is 0 Å². The third-order valence-corrected chi connectivity index (χ3v) is 3.76. The van der Waals surface area contributed by atoms with E-state index in [1.54, 1.807) is 0 Å². The van der Waals surface area contributed by atoms with Crippen molar-refractivity contribution in [2.75, 3.05) is 51.0 Å². The van der Waals surface area contributed by atoms with Gasteiger partial charge in [-0.15, -0.1) is 0 Å². The van der Waals surface area contributed by atoms with Crippen LogP contribution in [0.1, 0.15) is 17.7 Å². The van der Waals surface area contributed by atoms with Crippen molar-refractivity contribution in [3.8, 4) is 0 Å². The Morgan fingerprint density at radius 2 is 1.79 bits per heavy atom. The topological polar surface area (TPSA) is 57.2 Å². The highest BCUT2D eigenvalue weighted by Crippen LogP contribution is 2.13. The monoisotopic (exact) mass is 328 g/mol. The van der Waals surface area contributed by atoms with Gasteiger partial charge in [0.2, 0.25) is 5.95 Å². The van der Waals surface area contributed by atoms with Crippen LogP contribution in [0.15, 0.2) is 30.6 Å². The molecule has 0 fully saturated rings. The average Bonchev–Trinajstić information content (AvgIpc) is 2.57. The van der Waals surface area contributed by atoms with Gasteiger partial charge in [0.25, 0.3) is 0 Å². The lowest BCUT2D eigenvalue weighted by Crippen LogP contribution is -2.23. The highest BCUT2D eigenvalue weighted by molar-refractivity contribution is 5.43. The predicted molar refractivity (Wildman–Crippen MR) is 99.6 cm³/mol. The third kappa shape index (κ3) is 6.12. The van der Waals surface area contributed by atoms with Gasteiger partial charge in [0.15, 0.2) is 0 Å². The zero-order valence-electron chi connectivity index (χ0n) is 15.2. The minimum absolute atomic E-state index is 0.763. The number of aryl methyl sites for hydroxylation is 1. The summed E-state index contributed by atoms with van der Waals surface area (Å²) in [6.07, 6.45) is 5.69. The van der Waals surface area contributed by atoms with Gasteiger partial charge in [-0.1, -0.05) is 0 Å². The molecule has 2 aromatic rings. The number of nitrogens with one attached hydrogen (secondary N) is 1. The minimum Gasteiger partial charge on any atom is -0.370 e. The van der Waals surface area contributed by atoms with E-state index in [1.165, 1.54) is 5.56 Å². The fourth-order valence-electron chi connectivity index (χ4n) is 2.37. The molecule has 2 rings (SSSR count). The summed E-state index contributed by atoms with van der Waals surface area (Å²) in [5, 5.41) is 3.40. The molecule has 0 amide bonds. The average molecular weight is 328 g/mol. The van der Waals surface area contributed by atoms with E-state index in [0.717, 1.165) is 49.9 Å². The molecule has 0 bridgehead atoms. The molecule has 6 heteroatoms. The van der Waals surface area contributed by atoms with Gasteiger partial charge < -0.3 is 15.1 Å². The molecule has 0 unspecified atom stereocenters. The van der Waals surface area contributed by atoms with Crippen molar-refractivity contribution in [2.24, 2.45) is 0 Å². The van der Waals surface area contributed by atoms with Crippen molar-refractivity contribution in [3.05, 3.63) is 41.9 Å². The molecular weight excluding hydrogens is 300 g/mol. The van der Waals surface area contributed by atoms with Crippen molar-refractivity contribution < 1.29 is 0 Å². The molecule has 0 radical (unpaired) electrons. The van der Waals surface area contributed by atoms with Crippen LogP contribution in [-0.4, -0.2) is 60.6 Å². The van der Waals surface area contributed by atoms with Gasteiger partial charge in [-0.3, -0.25) is 4.98 Å². The number of aromatic nitrogens is 3. The van der Waals surface area contributed by atoms with E-state index in [0.29, 0.717) is 0 Å². The van der Waals surface area contributed by atoms with E-state index in [1.807, 2.05) is 44.6 Å². The summed E-state index contributed by atoms with van der Waals surface area (Å²) >= 11 is 0. The first-order chi connectivity index (χ1) is 11.5. The normalized spacial score (nSPS) is 10.9. The number of rotatable bonds is 9. The summed E-state index contributed by atoms with van der Waals surface area (Å²) in [5.41, 5.74) is 2.25. The molecule has 2 aromatic heterocycles. The van der Waals surface area contributed by atoms with Crippen LogP contribution in [0.3, 0.4) is 0 Å². The summed E-state index contributed by atoms with van der Waals surface area (Å²) in [4.78, 5) is 17.5. The van der Waals surface area contributed by atoms with Gasteiger partial charge in [-0.2, -0.15) is 4.98 Å². The van der Waals surface area contributed by atoms with E-state index >= 15 is 0 Å². The number of hydrogen-bond donors (Lipinski definition) is 1. The molecule has 6 nitrogen and oxygen atoms in total. The maximum atomic E-state index is 4.64. The molecule has 0 aliphatic rings. The number of pyridine rings is 1. The Hall–Kier alpha value is -2.21. The quantitative estimate of drug-likeness (QED) is 0.712. The number of likely N-dealkylation sites (N-methyl/N-ethyl adjacent to an activating group) is 1. The van der Waals surface area contributed by atoms with Gasteiger partial charge in [0.05, 0.1) is 0 Å². The highest BCUT2D eigenvalue weighted by atomic mass is 15.2. The van der Waals surface area contributed by atoms with Gasteiger partial charge >= 0.3 is 0 Å². The fraction of sp³-hybridized carbons (Fsp3) is 0.500. The van der Waals surface area contributed by atoms with E-state index in [4.69, 9.17) is 0 Å². The zero-order valence-corrected chi connectivity index (χ0v) is 15.2. The van der Waals surface area contributed by atoms with Gasteiger partial charge in [-0.05, 0) is 58.1 Å². The summed E-state index contributed by atoms with van der Waals surface area (Å²) in [6, 6.07) is 6.08. The Morgan fingerprint density at radius 3 is 2.50 bits per heavy atom. The lowest BCUT2D eigenvalue weighted by molar-refractivity contribution is 0.405. The lowest BCUT2D eigenvalue weighted by Gasteiger charge is -2.18. The predicted octanol–water partition coefficient (Wildman–Crippen LogP) is 2.22. The second-order valence-electron chi connectivity index (χ2n) is 6.31. The van der Waals surface area contributed by atoms with Crippen LogP contribution in [0.4, 0.5) is 11.8 Å². The van der Waals surface area contributed by atoms with Crippen LogP contribution in [0.25, 0.3) is 0 Å². The number of nitrogens with zero attached hydrogens (tertiary/aromatic N) is 5. The third-order valence-electron chi connectivity index (χ3n) is 3.76. The molecule has 130 valence electrons. The van der Waals surface area contributed by atoms with Crippen molar-refractivity contribution in [3.63, 3.8) is 0 Å². The minimum atomic E-state index is 0.763. The fourth-order valence-corrected chi connectivity index (χ4v) is 2.37. The lowest BCUT2D eigenvalue weighted by atomic mass is 10.2. The Kier molecular flexibility index (Phi) is 6.93. The summed E-state index contributed by atoms with van der Waals surface area (Å²) in [6.45, 7) is 4.85. The first kappa shape index (κ1) is 18.1. The van der Waals surface area contributed by atoms with Crippen LogP contribution in [0, 0.1) is 6.92 Å². The van der Waals surface area contributed by atoms with Crippen LogP contribution >= 0.6 is 0 Å². The SMILES string of the molecule is Cc1cc(NCCCN(C)C)nc(N(C)CCc2ccncc2)n1. The summed E-state index contributed by atoms with van der Waals surface area (Å²) < 4.78 is 0. The first-order valence-electron chi connectivity index (χ1n) is 8.39. The van der Waals surface area contributed by atoms with E-state index in [-0.39, 0.29) is 0 Å². The molecule has 0 aromatic carbocycles. The Bertz CT molecular complexity index is 614. The van der Waals surface area contributed by atoms with Gasteiger partial charge in [0.1, 0.15) is 5.82 Å². The Balaban J connectivity index is 1.91. The van der Waals surface area contributed by atoms with Crippen molar-refractivity contribution in [1.29, 1.82) is 0 Å². The molecule has 24 heavy (non-hydrogen) atoms. The molecular formula is C18H28N6. The van der Waals surface area contributed by atoms with Crippen molar-refractivity contribution in [1.82, 2.24) is 19.9 Å². The van der Waals surface area contributed by atoms with Crippen molar-refractivity contribution in [2.45, 2.75) is 19.8 Å². The maximum absolute atomic E-state index is 4.64. The van der Waals surface area contributed by atoms with Crippen LogP contribution < -0.4 is 10.2 Å². The Morgan fingerprint density at radius 1 is 1.04 bits per heavy atom. The molecule has 0 spiro atoms. The zero-order chi connectivity index (χ0) is 17.4. The number of hydrogen-bond acceptors (Lipinski definition) is 6. The van der Waals surface area contributed by atoms with Crippen LogP contribution in [0.2, 0.25) is 0 Å². The molecule has 0 saturated heterocycles. The Labute approximate surface area is 145 Å². The summed E-state index contributed by atoms with van der Waals surface area (Å²) in [7, 11) is 6.21. The van der Waals surface area contributed by atoms with Crippen LogP contribution in [-0.2, 0) is 6.42 Å².